The lowest BCUT2D eigenvalue weighted by Crippen LogP contribution is -2.36. The fourth-order valence-corrected chi connectivity index (χ4v) is 2.88. The van der Waals surface area contributed by atoms with Gasteiger partial charge in [-0.25, -0.2) is 17.9 Å². The minimum atomic E-state index is -3.93. The summed E-state index contributed by atoms with van der Waals surface area (Å²) in [6.07, 6.45) is 7.70. The normalized spacial score (nSPS) is 18.7. The fourth-order valence-electron chi connectivity index (χ4n) is 1.93. The van der Waals surface area contributed by atoms with Crippen molar-refractivity contribution in [1.82, 2.24) is 14.5 Å². The van der Waals surface area contributed by atoms with Crippen LogP contribution in [0.5, 0.6) is 0 Å². The van der Waals surface area contributed by atoms with Crippen molar-refractivity contribution < 1.29 is 17.9 Å². The Morgan fingerprint density at radius 1 is 1.45 bits per heavy atom. The van der Waals surface area contributed by atoms with Gasteiger partial charge in [-0.1, -0.05) is 12.2 Å². The molecule has 1 aliphatic rings. The first-order chi connectivity index (χ1) is 10.2. The number of ether oxygens (including phenoxy) is 1. The number of amides is 1. The highest BCUT2D eigenvalue weighted by atomic mass is 32.2. The highest BCUT2D eigenvalue weighted by Gasteiger charge is 2.25. The van der Waals surface area contributed by atoms with Crippen LogP contribution < -0.4 is 4.72 Å². The van der Waals surface area contributed by atoms with Crippen LogP contribution >= 0.6 is 0 Å². The molecule has 0 spiro atoms. The van der Waals surface area contributed by atoms with Crippen LogP contribution in [0.25, 0.3) is 0 Å². The molecule has 0 fully saturated rings. The summed E-state index contributed by atoms with van der Waals surface area (Å²) < 4.78 is 32.8. The highest BCUT2D eigenvalue weighted by Crippen LogP contribution is 2.23. The van der Waals surface area contributed by atoms with Crippen molar-refractivity contribution >= 4 is 16.1 Å². The second kappa shape index (κ2) is 5.96. The average Bonchev–Trinajstić information content (AvgIpc) is 2.89. The van der Waals surface area contributed by atoms with Gasteiger partial charge < -0.3 is 4.74 Å². The summed E-state index contributed by atoms with van der Waals surface area (Å²) >= 11 is 0. The number of allylic oxidation sites excluding steroid dienone is 3. The van der Waals surface area contributed by atoms with E-state index in [0.717, 1.165) is 0 Å². The lowest BCUT2D eigenvalue weighted by molar-refractivity contribution is 0.0570. The molecule has 1 atom stereocenters. The maximum Gasteiger partial charge on any atom is 0.421 e. The Morgan fingerprint density at radius 2 is 2.18 bits per heavy atom. The summed E-state index contributed by atoms with van der Waals surface area (Å²) in [6, 6.07) is 1.77. The Balaban J connectivity index is 2.03. The Kier molecular flexibility index (Phi) is 4.41. The molecule has 0 aliphatic heterocycles. The van der Waals surface area contributed by atoms with Gasteiger partial charge in [-0.2, -0.15) is 5.10 Å². The second-order valence-electron chi connectivity index (χ2n) is 5.86. The topological polar surface area (TPSA) is 90.3 Å². The zero-order valence-electron chi connectivity index (χ0n) is 12.7. The summed E-state index contributed by atoms with van der Waals surface area (Å²) in [5, 5.41) is 4.11. The van der Waals surface area contributed by atoms with Crippen LogP contribution in [0, 0.1) is 0 Å². The first-order valence-electron chi connectivity index (χ1n) is 6.81. The third-order valence-corrected chi connectivity index (χ3v) is 4.19. The van der Waals surface area contributed by atoms with E-state index >= 15 is 0 Å². The molecule has 8 heteroatoms. The molecule has 1 N–H and O–H groups in total. The van der Waals surface area contributed by atoms with Gasteiger partial charge in [0.1, 0.15) is 5.60 Å². The molecule has 0 bridgehead atoms. The number of hydrogen-bond donors (Lipinski definition) is 1. The molecule has 120 valence electrons. The molecule has 0 radical (unpaired) electrons. The molecule has 1 heterocycles. The molecular weight excluding hydrogens is 306 g/mol. The van der Waals surface area contributed by atoms with E-state index in [4.69, 9.17) is 4.74 Å². The zero-order valence-corrected chi connectivity index (χ0v) is 13.5. The molecule has 1 aromatic rings. The summed E-state index contributed by atoms with van der Waals surface area (Å²) in [6.45, 7) is 4.98. The molecule has 1 unspecified atom stereocenters. The molecule has 0 saturated carbocycles. The Hall–Kier alpha value is -2.09. The number of rotatable bonds is 3. The number of aromatic nitrogens is 2. The van der Waals surface area contributed by atoms with Crippen LogP contribution in [0.4, 0.5) is 4.79 Å². The van der Waals surface area contributed by atoms with Crippen LogP contribution in [0.2, 0.25) is 0 Å². The first kappa shape index (κ1) is 16.3. The summed E-state index contributed by atoms with van der Waals surface area (Å²) in [4.78, 5) is 11.6. The first-order valence-corrected chi connectivity index (χ1v) is 8.29. The molecule has 0 saturated heterocycles. The van der Waals surface area contributed by atoms with Crippen molar-refractivity contribution in [3.63, 3.8) is 0 Å². The Morgan fingerprint density at radius 3 is 2.68 bits per heavy atom. The fraction of sp³-hybridized carbons (Fsp3) is 0.429. The number of hydrogen-bond acceptors (Lipinski definition) is 5. The van der Waals surface area contributed by atoms with Crippen LogP contribution in [-0.2, 0) is 14.8 Å². The van der Waals surface area contributed by atoms with E-state index in [1.54, 1.807) is 56.1 Å². The van der Waals surface area contributed by atoms with E-state index in [1.807, 2.05) is 4.72 Å². The van der Waals surface area contributed by atoms with Crippen LogP contribution in [-0.4, -0.2) is 29.9 Å². The van der Waals surface area contributed by atoms with Crippen LogP contribution in [0.15, 0.2) is 41.6 Å². The third kappa shape index (κ3) is 4.20. The molecule has 0 aromatic carbocycles. The summed E-state index contributed by atoms with van der Waals surface area (Å²) in [7, 11) is -3.93. The van der Waals surface area contributed by atoms with Gasteiger partial charge in [0.15, 0.2) is 0 Å². The van der Waals surface area contributed by atoms with Gasteiger partial charge in [0.05, 0.1) is 10.9 Å². The minimum Gasteiger partial charge on any atom is -0.443 e. The molecule has 1 aromatic heterocycles. The van der Waals surface area contributed by atoms with Gasteiger partial charge in [0.25, 0.3) is 10.0 Å². The van der Waals surface area contributed by atoms with Crippen molar-refractivity contribution in [2.75, 3.05) is 0 Å². The van der Waals surface area contributed by atoms with Gasteiger partial charge in [-0.15, -0.1) is 0 Å². The highest BCUT2D eigenvalue weighted by molar-refractivity contribution is 7.94. The third-order valence-electron chi connectivity index (χ3n) is 2.83. The molecular formula is C14H19N3O4S. The van der Waals surface area contributed by atoms with E-state index < -0.39 is 21.7 Å². The van der Waals surface area contributed by atoms with Gasteiger partial charge in [-0.3, -0.25) is 4.68 Å². The number of nitrogens with one attached hydrogen (secondary N) is 1. The maximum atomic E-state index is 12.1. The molecule has 2 rings (SSSR count). The van der Waals surface area contributed by atoms with Crippen molar-refractivity contribution in [2.45, 2.75) is 38.8 Å². The van der Waals surface area contributed by atoms with Crippen LogP contribution in [0.1, 0.15) is 33.2 Å². The number of nitrogens with zero attached hydrogens (tertiary/aromatic N) is 2. The van der Waals surface area contributed by atoms with Crippen molar-refractivity contribution in [1.29, 1.82) is 0 Å². The van der Waals surface area contributed by atoms with E-state index in [9.17, 15) is 13.2 Å². The largest absolute Gasteiger partial charge is 0.443 e. The second-order valence-corrected chi connectivity index (χ2v) is 7.54. The average molecular weight is 325 g/mol. The van der Waals surface area contributed by atoms with Gasteiger partial charge in [0, 0.05) is 12.4 Å². The quantitative estimate of drug-likeness (QED) is 0.919. The van der Waals surface area contributed by atoms with E-state index in [0.29, 0.717) is 6.42 Å². The van der Waals surface area contributed by atoms with Crippen molar-refractivity contribution in [3.05, 3.63) is 41.6 Å². The number of carbonyl (C=O) groups is 1. The molecule has 1 amide bonds. The predicted octanol–water partition coefficient (Wildman–Crippen LogP) is 2.12. The Labute approximate surface area is 129 Å². The van der Waals surface area contributed by atoms with E-state index in [2.05, 4.69) is 5.10 Å². The lowest BCUT2D eigenvalue weighted by Gasteiger charge is -2.20. The van der Waals surface area contributed by atoms with Gasteiger partial charge in [0.2, 0.25) is 0 Å². The predicted molar refractivity (Wildman–Crippen MR) is 81.4 cm³/mol. The molecule has 1 aliphatic carbocycles. The Bertz CT molecular complexity index is 697. The van der Waals surface area contributed by atoms with Crippen molar-refractivity contribution in [2.24, 2.45) is 0 Å². The number of sulfonamides is 1. The van der Waals surface area contributed by atoms with Crippen LogP contribution in [0.3, 0.4) is 0 Å². The summed E-state index contributed by atoms with van der Waals surface area (Å²) in [5.74, 6) is 0. The SMILES string of the molecule is CC(C)(C)OC(=O)NS(=O)(=O)C1=CCC(n2cccn2)C=C1. The zero-order chi connectivity index (χ0) is 16.4. The van der Waals surface area contributed by atoms with Gasteiger partial charge in [-0.05, 0) is 39.3 Å². The number of carbonyl (C=O) groups excluding carboxylic acids is 1. The van der Waals surface area contributed by atoms with Crippen molar-refractivity contribution in [3.8, 4) is 0 Å². The standard InChI is InChI=1S/C14H19N3O4S/c1-14(2,3)21-13(18)16-22(19,20)12-7-5-11(6-8-12)17-10-4-9-15-17/h4-5,7-11H,6H2,1-3H3,(H,16,18). The van der Waals surface area contributed by atoms with E-state index in [-0.39, 0.29) is 10.9 Å². The maximum absolute atomic E-state index is 12.1. The van der Waals surface area contributed by atoms with E-state index in [1.165, 1.54) is 6.08 Å². The summed E-state index contributed by atoms with van der Waals surface area (Å²) in [5.41, 5.74) is -0.762. The smallest absolute Gasteiger partial charge is 0.421 e. The molecule has 7 nitrogen and oxygen atoms in total. The monoisotopic (exact) mass is 325 g/mol. The minimum absolute atomic E-state index is 0.0320. The van der Waals surface area contributed by atoms with Gasteiger partial charge >= 0.3 is 6.09 Å². The lowest BCUT2D eigenvalue weighted by atomic mass is 10.1. The molecule has 22 heavy (non-hydrogen) atoms.